The quantitative estimate of drug-likeness (QED) is 0.290. The highest BCUT2D eigenvalue weighted by Crippen LogP contribution is 2.33. The molecule has 1 aromatic heterocycles. The van der Waals surface area contributed by atoms with E-state index in [0.717, 1.165) is 33.3 Å². The van der Waals surface area contributed by atoms with Crippen molar-refractivity contribution in [3.8, 4) is 34.7 Å². The second-order valence-electron chi connectivity index (χ2n) is 8.61. The van der Waals surface area contributed by atoms with E-state index >= 15 is 0 Å². The SMILES string of the molecule is CC(C)Oc1ccc(-c2nc(-c3cccc4c3CCC4=NC(=O)c3ccc(Br)cc3)no2)cc1C#N. The first-order valence-electron chi connectivity index (χ1n) is 11.5. The summed E-state index contributed by atoms with van der Waals surface area (Å²) in [4.78, 5) is 21.7. The van der Waals surface area contributed by atoms with Gasteiger partial charge in [-0.3, -0.25) is 4.79 Å². The van der Waals surface area contributed by atoms with Crippen LogP contribution in [0.2, 0.25) is 0 Å². The van der Waals surface area contributed by atoms with Crippen molar-refractivity contribution in [2.45, 2.75) is 32.8 Å². The molecule has 0 N–H and O–H groups in total. The van der Waals surface area contributed by atoms with Crippen molar-refractivity contribution in [1.29, 1.82) is 5.26 Å². The third-order valence-electron chi connectivity index (χ3n) is 5.80. The Labute approximate surface area is 216 Å². The van der Waals surface area contributed by atoms with Crippen LogP contribution in [0.1, 0.15) is 47.3 Å². The topological polar surface area (TPSA) is 101 Å². The predicted molar refractivity (Wildman–Crippen MR) is 139 cm³/mol. The summed E-state index contributed by atoms with van der Waals surface area (Å²) in [6.07, 6.45) is 1.33. The van der Waals surface area contributed by atoms with Crippen LogP contribution in [0.25, 0.3) is 22.8 Å². The van der Waals surface area contributed by atoms with E-state index in [2.05, 4.69) is 37.1 Å². The van der Waals surface area contributed by atoms with Crippen molar-refractivity contribution in [3.63, 3.8) is 0 Å². The van der Waals surface area contributed by atoms with Crippen LogP contribution in [-0.4, -0.2) is 27.9 Å². The molecule has 0 saturated carbocycles. The van der Waals surface area contributed by atoms with Crippen LogP contribution in [0.15, 0.2) is 74.7 Å². The normalized spacial score (nSPS) is 13.6. The molecule has 178 valence electrons. The average Bonchev–Trinajstić information content (AvgIpc) is 3.52. The van der Waals surface area contributed by atoms with Gasteiger partial charge in [0.15, 0.2) is 0 Å². The van der Waals surface area contributed by atoms with E-state index in [0.29, 0.717) is 40.6 Å². The maximum atomic E-state index is 12.7. The van der Waals surface area contributed by atoms with Gasteiger partial charge in [-0.2, -0.15) is 10.2 Å². The Morgan fingerprint density at radius 2 is 1.89 bits per heavy atom. The molecular formula is C28H21BrN4O3. The summed E-state index contributed by atoms with van der Waals surface area (Å²) < 4.78 is 12.1. The number of carbonyl (C=O) groups is 1. The third kappa shape index (κ3) is 4.70. The summed E-state index contributed by atoms with van der Waals surface area (Å²) in [5.41, 5.74) is 5.12. The number of ether oxygens (including phenoxy) is 1. The Morgan fingerprint density at radius 1 is 1.11 bits per heavy atom. The Morgan fingerprint density at radius 3 is 2.64 bits per heavy atom. The van der Waals surface area contributed by atoms with Crippen molar-refractivity contribution >= 4 is 27.5 Å². The van der Waals surface area contributed by atoms with E-state index < -0.39 is 0 Å². The van der Waals surface area contributed by atoms with Crippen LogP contribution >= 0.6 is 15.9 Å². The third-order valence-corrected chi connectivity index (χ3v) is 6.33. The van der Waals surface area contributed by atoms with Crippen LogP contribution in [0.4, 0.5) is 0 Å². The van der Waals surface area contributed by atoms with Crippen molar-refractivity contribution in [2.24, 2.45) is 4.99 Å². The lowest BCUT2D eigenvalue weighted by Gasteiger charge is -2.11. The van der Waals surface area contributed by atoms with Crippen LogP contribution in [0.5, 0.6) is 5.75 Å². The fraction of sp³-hybridized carbons (Fsp3) is 0.179. The van der Waals surface area contributed by atoms with Crippen molar-refractivity contribution in [3.05, 3.63) is 87.4 Å². The van der Waals surface area contributed by atoms with E-state index in [4.69, 9.17) is 9.26 Å². The van der Waals surface area contributed by atoms with Gasteiger partial charge in [-0.15, -0.1) is 0 Å². The molecule has 5 rings (SSSR count). The summed E-state index contributed by atoms with van der Waals surface area (Å²) in [5, 5.41) is 13.7. The second-order valence-corrected chi connectivity index (χ2v) is 9.53. The van der Waals surface area contributed by atoms with Gasteiger partial charge in [-0.1, -0.05) is 39.3 Å². The van der Waals surface area contributed by atoms with E-state index in [9.17, 15) is 10.1 Å². The number of hydrogen-bond acceptors (Lipinski definition) is 6. The zero-order valence-corrected chi connectivity index (χ0v) is 21.2. The molecule has 7 nitrogen and oxygen atoms in total. The molecule has 1 amide bonds. The molecule has 1 aliphatic rings. The minimum absolute atomic E-state index is 0.0447. The van der Waals surface area contributed by atoms with E-state index in [-0.39, 0.29) is 12.0 Å². The van der Waals surface area contributed by atoms with Gasteiger partial charge in [0.25, 0.3) is 11.8 Å². The summed E-state index contributed by atoms with van der Waals surface area (Å²) >= 11 is 3.38. The predicted octanol–water partition coefficient (Wildman–Crippen LogP) is 6.40. The molecule has 0 spiro atoms. The van der Waals surface area contributed by atoms with Crippen LogP contribution in [-0.2, 0) is 6.42 Å². The second kappa shape index (κ2) is 9.88. The number of rotatable bonds is 5. The monoisotopic (exact) mass is 540 g/mol. The number of hydrogen-bond donors (Lipinski definition) is 0. The molecule has 36 heavy (non-hydrogen) atoms. The summed E-state index contributed by atoms with van der Waals surface area (Å²) in [7, 11) is 0. The first-order valence-corrected chi connectivity index (χ1v) is 12.3. The molecule has 4 aromatic rings. The number of nitriles is 1. The first kappa shape index (κ1) is 23.6. The highest BCUT2D eigenvalue weighted by Gasteiger charge is 2.24. The minimum Gasteiger partial charge on any atom is -0.490 e. The summed E-state index contributed by atoms with van der Waals surface area (Å²) in [5.74, 6) is 1.01. The Hall–Kier alpha value is -4.09. The fourth-order valence-corrected chi connectivity index (χ4v) is 4.43. The van der Waals surface area contributed by atoms with Crippen molar-refractivity contribution in [2.75, 3.05) is 0 Å². The molecule has 3 aromatic carbocycles. The van der Waals surface area contributed by atoms with Crippen LogP contribution in [0, 0.1) is 11.3 Å². The number of fused-ring (bicyclic) bond motifs is 1. The Bertz CT molecular complexity index is 1530. The Balaban J connectivity index is 1.44. The van der Waals surface area contributed by atoms with Gasteiger partial charge in [-0.05, 0) is 74.7 Å². The Kier molecular flexibility index (Phi) is 6.49. The maximum absolute atomic E-state index is 12.7. The number of aliphatic imine (C=N–C) groups is 1. The average molecular weight is 541 g/mol. The molecular weight excluding hydrogens is 520 g/mol. The molecule has 8 heteroatoms. The fourth-order valence-electron chi connectivity index (χ4n) is 4.17. The number of aromatic nitrogens is 2. The number of halogens is 1. The van der Waals surface area contributed by atoms with Gasteiger partial charge >= 0.3 is 0 Å². The smallest absolute Gasteiger partial charge is 0.277 e. The van der Waals surface area contributed by atoms with Crippen LogP contribution < -0.4 is 4.74 Å². The lowest BCUT2D eigenvalue weighted by atomic mass is 10.0. The van der Waals surface area contributed by atoms with Crippen molar-refractivity contribution < 1.29 is 14.1 Å². The molecule has 0 saturated heterocycles. The molecule has 0 bridgehead atoms. The summed E-state index contributed by atoms with van der Waals surface area (Å²) in [6, 6.07) is 20.3. The van der Waals surface area contributed by atoms with Gasteiger partial charge in [0.05, 0.1) is 17.4 Å². The standard InChI is InChI=1S/C28H21BrN4O3/c1-16(2)35-25-13-8-18(14-19(25)15-30)28-32-26(33-36-28)23-5-3-4-22-21(23)11-12-24(22)31-27(34)17-6-9-20(29)10-7-17/h3-10,13-14,16H,11-12H2,1-2H3. The van der Waals surface area contributed by atoms with Gasteiger partial charge in [-0.25, -0.2) is 4.99 Å². The molecule has 1 heterocycles. The highest BCUT2D eigenvalue weighted by molar-refractivity contribution is 9.10. The van der Waals surface area contributed by atoms with Gasteiger partial charge in [0.2, 0.25) is 5.82 Å². The molecule has 0 fully saturated rings. The van der Waals surface area contributed by atoms with E-state index in [1.807, 2.05) is 44.2 Å². The maximum Gasteiger partial charge on any atom is 0.277 e. The zero-order valence-electron chi connectivity index (χ0n) is 19.7. The van der Waals surface area contributed by atoms with Crippen LogP contribution in [0.3, 0.4) is 0 Å². The number of amides is 1. The summed E-state index contributed by atoms with van der Waals surface area (Å²) in [6.45, 7) is 3.81. The minimum atomic E-state index is -0.268. The van der Waals surface area contributed by atoms with E-state index in [1.54, 1.807) is 30.3 Å². The lowest BCUT2D eigenvalue weighted by molar-refractivity contribution is 0.100. The molecule has 1 aliphatic carbocycles. The largest absolute Gasteiger partial charge is 0.490 e. The number of carbonyl (C=O) groups excluding carboxylic acids is 1. The van der Waals surface area contributed by atoms with Gasteiger partial charge < -0.3 is 9.26 Å². The molecule has 0 radical (unpaired) electrons. The van der Waals surface area contributed by atoms with Gasteiger partial charge in [0.1, 0.15) is 11.8 Å². The van der Waals surface area contributed by atoms with E-state index in [1.165, 1.54) is 0 Å². The zero-order chi connectivity index (χ0) is 25.2. The molecule has 0 unspecified atom stereocenters. The van der Waals surface area contributed by atoms with Crippen molar-refractivity contribution in [1.82, 2.24) is 10.1 Å². The lowest BCUT2D eigenvalue weighted by Crippen LogP contribution is -2.06. The molecule has 0 atom stereocenters. The highest BCUT2D eigenvalue weighted by atomic mass is 79.9. The number of nitrogens with zero attached hydrogens (tertiary/aromatic N) is 4. The number of benzene rings is 3. The first-order chi connectivity index (χ1) is 17.4. The van der Waals surface area contributed by atoms with Gasteiger partial charge in [0, 0.05) is 26.7 Å². The molecule has 0 aliphatic heterocycles.